The largest absolute Gasteiger partial charge is 0.365 e. The number of urea groups is 1. The van der Waals surface area contributed by atoms with Crippen LogP contribution in [0.4, 0.5) is 15.5 Å². The second-order valence-corrected chi connectivity index (χ2v) is 11.3. The lowest BCUT2D eigenvalue weighted by molar-refractivity contribution is -0.121. The highest BCUT2D eigenvalue weighted by molar-refractivity contribution is 7.17. The van der Waals surface area contributed by atoms with Crippen molar-refractivity contribution in [3.8, 4) is 0 Å². The molecule has 10 nitrogen and oxygen atoms in total. The van der Waals surface area contributed by atoms with Crippen LogP contribution in [0.5, 0.6) is 0 Å². The SMILES string of the molecule is NC(=O)c1c(NC(=O)Nc2ccc(Cl)cc2)sc2c1CCN(CCCNC(=O)CCc1ccc3nccnc3c1)C2. The second-order valence-electron chi connectivity index (χ2n) is 9.77. The smallest absolute Gasteiger partial charge is 0.324 e. The van der Waals surface area contributed by atoms with Crippen LogP contribution in [-0.2, 0) is 24.2 Å². The number of nitrogens with one attached hydrogen (secondary N) is 3. The van der Waals surface area contributed by atoms with E-state index in [1.807, 2.05) is 18.2 Å². The van der Waals surface area contributed by atoms with Crippen LogP contribution in [0.2, 0.25) is 5.02 Å². The summed E-state index contributed by atoms with van der Waals surface area (Å²) in [5.41, 5.74) is 10.3. The van der Waals surface area contributed by atoms with Gasteiger partial charge in [-0.2, -0.15) is 0 Å². The van der Waals surface area contributed by atoms with Crippen molar-refractivity contribution in [1.29, 1.82) is 0 Å². The van der Waals surface area contributed by atoms with Crippen molar-refractivity contribution in [2.75, 3.05) is 30.3 Å². The van der Waals surface area contributed by atoms with Crippen molar-refractivity contribution in [2.24, 2.45) is 5.73 Å². The summed E-state index contributed by atoms with van der Waals surface area (Å²) < 4.78 is 0. The molecule has 41 heavy (non-hydrogen) atoms. The molecule has 5 N–H and O–H groups in total. The quantitative estimate of drug-likeness (QED) is 0.199. The molecule has 4 aromatic rings. The zero-order chi connectivity index (χ0) is 28.8. The fourth-order valence-corrected chi connectivity index (χ4v) is 6.25. The van der Waals surface area contributed by atoms with Crippen molar-refractivity contribution >= 4 is 62.5 Å². The molecule has 0 radical (unpaired) electrons. The number of rotatable bonds is 10. The molecule has 2 aromatic heterocycles. The number of carbonyl (C=O) groups excluding carboxylic acids is 3. The number of amides is 4. The summed E-state index contributed by atoms with van der Waals surface area (Å²) in [5, 5.41) is 9.54. The number of halogens is 1. The van der Waals surface area contributed by atoms with Gasteiger partial charge in [-0.3, -0.25) is 29.8 Å². The number of nitrogens with zero attached hydrogens (tertiary/aromatic N) is 3. The number of fused-ring (bicyclic) bond motifs is 2. The van der Waals surface area contributed by atoms with E-state index >= 15 is 0 Å². The van der Waals surface area contributed by atoms with Gasteiger partial charge in [0.1, 0.15) is 5.00 Å². The van der Waals surface area contributed by atoms with Gasteiger partial charge in [-0.15, -0.1) is 11.3 Å². The van der Waals surface area contributed by atoms with Crippen LogP contribution in [0, 0.1) is 0 Å². The minimum Gasteiger partial charge on any atom is -0.365 e. The Morgan fingerprint density at radius 3 is 2.59 bits per heavy atom. The van der Waals surface area contributed by atoms with Gasteiger partial charge in [-0.05, 0) is 66.8 Å². The summed E-state index contributed by atoms with van der Waals surface area (Å²) in [7, 11) is 0. The third kappa shape index (κ3) is 7.37. The molecular formula is C29H30ClN7O3S. The van der Waals surface area contributed by atoms with Gasteiger partial charge < -0.3 is 16.4 Å². The minimum absolute atomic E-state index is 0.0159. The van der Waals surface area contributed by atoms with E-state index in [0.29, 0.717) is 53.6 Å². The first kappa shape index (κ1) is 28.5. The molecule has 2 aromatic carbocycles. The molecule has 0 aliphatic carbocycles. The zero-order valence-electron chi connectivity index (χ0n) is 22.3. The van der Waals surface area contributed by atoms with E-state index in [0.717, 1.165) is 46.5 Å². The zero-order valence-corrected chi connectivity index (χ0v) is 23.9. The number of primary amides is 1. The molecule has 3 heterocycles. The Kier molecular flexibility index (Phi) is 9.07. The first-order valence-electron chi connectivity index (χ1n) is 13.3. The summed E-state index contributed by atoms with van der Waals surface area (Å²) >= 11 is 7.27. The van der Waals surface area contributed by atoms with E-state index in [4.69, 9.17) is 17.3 Å². The van der Waals surface area contributed by atoms with Gasteiger partial charge >= 0.3 is 6.03 Å². The van der Waals surface area contributed by atoms with Gasteiger partial charge in [-0.25, -0.2) is 4.79 Å². The van der Waals surface area contributed by atoms with Gasteiger partial charge in [0.25, 0.3) is 5.91 Å². The first-order valence-corrected chi connectivity index (χ1v) is 14.5. The highest BCUT2D eigenvalue weighted by Gasteiger charge is 2.27. The number of aryl methyl sites for hydroxylation is 1. The van der Waals surface area contributed by atoms with Crippen LogP contribution in [0.15, 0.2) is 54.9 Å². The van der Waals surface area contributed by atoms with Gasteiger partial charge in [-0.1, -0.05) is 17.7 Å². The summed E-state index contributed by atoms with van der Waals surface area (Å²) in [6, 6.07) is 12.2. The summed E-state index contributed by atoms with van der Waals surface area (Å²) in [6.07, 6.45) is 5.84. The van der Waals surface area contributed by atoms with Crippen molar-refractivity contribution in [2.45, 2.75) is 32.2 Å². The lowest BCUT2D eigenvalue weighted by Gasteiger charge is -2.27. The highest BCUT2D eigenvalue weighted by atomic mass is 35.5. The molecule has 4 amide bonds. The number of hydrogen-bond donors (Lipinski definition) is 4. The number of carbonyl (C=O) groups is 3. The fraction of sp³-hybridized carbons (Fsp3) is 0.276. The van der Waals surface area contributed by atoms with E-state index in [1.54, 1.807) is 36.7 Å². The Bertz CT molecular complexity index is 1570. The molecule has 212 valence electrons. The third-order valence-corrected chi connectivity index (χ3v) is 8.24. The second kappa shape index (κ2) is 13.1. The van der Waals surface area contributed by atoms with E-state index < -0.39 is 11.9 Å². The third-order valence-electron chi connectivity index (χ3n) is 6.86. The first-order chi connectivity index (χ1) is 19.9. The van der Waals surface area contributed by atoms with Gasteiger partial charge in [0.2, 0.25) is 5.91 Å². The maximum absolute atomic E-state index is 12.6. The Balaban J connectivity index is 1.08. The molecule has 0 unspecified atom stereocenters. The monoisotopic (exact) mass is 591 g/mol. The summed E-state index contributed by atoms with van der Waals surface area (Å²) in [5.74, 6) is -0.542. The van der Waals surface area contributed by atoms with Crippen LogP contribution in [0.25, 0.3) is 11.0 Å². The van der Waals surface area contributed by atoms with Crippen molar-refractivity contribution in [3.63, 3.8) is 0 Å². The van der Waals surface area contributed by atoms with Gasteiger partial charge in [0, 0.05) is 60.6 Å². The molecule has 0 spiro atoms. The van der Waals surface area contributed by atoms with Crippen molar-refractivity contribution in [3.05, 3.63) is 81.4 Å². The van der Waals surface area contributed by atoms with Crippen LogP contribution in [0.3, 0.4) is 0 Å². The molecule has 1 aliphatic rings. The molecule has 0 saturated heterocycles. The molecule has 12 heteroatoms. The molecule has 5 rings (SSSR count). The molecular weight excluding hydrogens is 562 g/mol. The lowest BCUT2D eigenvalue weighted by atomic mass is 10.0. The number of hydrogen-bond acceptors (Lipinski definition) is 7. The maximum Gasteiger partial charge on any atom is 0.324 e. The Morgan fingerprint density at radius 2 is 1.80 bits per heavy atom. The number of benzene rings is 2. The van der Waals surface area contributed by atoms with Crippen LogP contribution in [-0.4, -0.2) is 52.3 Å². The average molecular weight is 592 g/mol. The van der Waals surface area contributed by atoms with Gasteiger partial charge in [0.05, 0.1) is 16.6 Å². The molecule has 0 fully saturated rings. The number of aromatic nitrogens is 2. The molecule has 1 aliphatic heterocycles. The number of thiophene rings is 1. The van der Waals surface area contributed by atoms with E-state index in [2.05, 4.69) is 30.8 Å². The van der Waals surface area contributed by atoms with Crippen LogP contribution >= 0.6 is 22.9 Å². The predicted octanol–water partition coefficient (Wildman–Crippen LogP) is 4.58. The molecule has 0 saturated carbocycles. The maximum atomic E-state index is 12.6. The van der Waals surface area contributed by atoms with Crippen molar-refractivity contribution in [1.82, 2.24) is 20.2 Å². The Labute approximate surface area is 246 Å². The lowest BCUT2D eigenvalue weighted by Crippen LogP contribution is -2.34. The minimum atomic E-state index is -0.558. The van der Waals surface area contributed by atoms with Crippen LogP contribution in [0.1, 0.15) is 39.2 Å². The number of nitrogens with two attached hydrogens (primary N) is 1. The van der Waals surface area contributed by atoms with Crippen molar-refractivity contribution < 1.29 is 14.4 Å². The number of anilines is 2. The van der Waals surface area contributed by atoms with E-state index in [1.165, 1.54) is 11.3 Å². The molecule has 0 atom stereocenters. The van der Waals surface area contributed by atoms with E-state index in [-0.39, 0.29) is 5.91 Å². The van der Waals surface area contributed by atoms with Crippen LogP contribution < -0.4 is 21.7 Å². The summed E-state index contributed by atoms with van der Waals surface area (Å²) in [4.78, 5) is 49.1. The van der Waals surface area contributed by atoms with E-state index in [9.17, 15) is 14.4 Å². The summed E-state index contributed by atoms with van der Waals surface area (Å²) in [6.45, 7) is 2.80. The highest BCUT2D eigenvalue weighted by Crippen LogP contribution is 2.37. The predicted molar refractivity (Wildman–Crippen MR) is 161 cm³/mol. The standard InChI is InChI=1S/C29H30ClN7O3S/c30-19-4-6-20(7-5-19)35-29(40)36-28-26(27(31)39)21-10-15-37(17-24(21)41-28)14-1-11-34-25(38)9-3-18-2-8-22-23(16-18)33-13-12-32-22/h2,4-8,12-13,16H,1,3,9-11,14-15,17H2,(H2,31,39)(H,34,38)(H2,35,36,40). The average Bonchev–Trinajstić information content (AvgIpc) is 3.32. The van der Waals surface area contributed by atoms with Gasteiger partial charge in [0.15, 0.2) is 0 Å². The topological polar surface area (TPSA) is 142 Å². The fourth-order valence-electron chi connectivity index (χ4n) is 4.84. The normalized spacial score (nSPS) is 13.0. The molecule has 0 bridgehead atoms. The Morgan fingerprint density at radius 1 is 1.02 bits per heavy atom. The Hall–Kier alpha value is -4.06.